The maximum atomic E-state index is 4.25. The average Bonchev–Trinajstić information content (AvgIpc) is 2.04. The highest BCUT2D eigenvalue weighted by Gasteiger charge is 1.90. The second-order valence-electron chi connectivity index (χ2n) is 2.46. The molecule has 0 aliphatic rings. The van der Waals surface area contributed by atoms with E-state index in [4.69, 9.17) is 0 Å². The van der Waals surface area contributed by atoms with Gasteiger partial charge in [-0.05, 0) is 35.0 Å². The summed E-state index contributed by atoms with van der Waals surface area (Å²) in [5.74, 6) is 0. The summed E-state index contributed by atoms with van der Waals surface area (Å²) < 4.78 is 0. The second kappa shape index (κ2) is 2.59. The van der Waals surface area contributed by atoms with E-state index in [0.29, 0.717) is 0 Å². The Morgan fingerprint density at radius 3 is 2.91 bits per heavy atom. The monoisotopic (exact) mass is 159 g/mol. The molecule has 0 saturated carbocycles. The minimum absolute atomic E-state index is 1.00. The minimum Gasteiger partial charge on any atom is -0.143 e. The van der Waals surface area contributed by atoms with Crippen LogP contribution in [0.2, 0.25) is 0 Å². The van der Waals surface area contributed by atoms with Gasteiger partial charge in [0.1, 0.15) is 0 Å². The SMILES string of the molecule is Sc1ccc2c[c]ccc2c1. The number of hydrogen-bond donors (Lipinski definition) is 1. The Labute approximate surface area is 71.3 Å². The van der Waals surface area contributed by atoms with Crippen molar-refractivity contribution in [3.63, 3.8) is 0 Å². The van der Waals surface area contributed by atoms with Gasteiger partial charge >= 0.3 is 0 Å². The van der Waals surface area contributed by atoms with E-state index in [2.05, 4.69) is 18.7 Å². The molecule has 0 N–H and O–H groups in total. The van der Waals surface area contributed by atoms with Crippen LogP contribution in [-0.4, -0.2) is 0 Å². The first-order chi connectivity index (χ1) is 5.36. The van der Waals surface area contributed by atoms with Gasteiger partial charge in [0.2, 0.25) is 0 Å². The number of rotatable bonds is 0. The van der Waals surface area contributed by atoms with Crippen LogP contribution in [0.3, 0.4) is 0 Å². The van der Waals surface area contributed by atoms with E-state index in [0.717, 1.165) is 4.90 Å². The van der Waals surface area contributed by atoms with Crippen LogP contribution < -0.4 is 0 Å². The summed E-state index contributed by atoms with van der Waals surface area (Å²) in [6, 6.07) is 15.0. The average molecular weight is 159 g/mol. The zero-order valence-corrected chi connectivity index (χ0v) is 6.81. The zero-order chi connectivity index (χ0) is 7.68. The van der Waals surface area contributed by atoms with Crippen molar-refractivity contribution in [2.45, 2.75) is 4.90 Å². The van der Waals surface area contributed by atoms with Crippen molar-refractivity contribution in [2.24, 2.45) is 0 Å². The van der Waals surface area contributed by atoms with Crippen LogP contribution in [0.5, 0.6) is 0 Å². The van der Waals surface area contributed by atoms with Crippen LogP contribution in [-0.2, 0) is 0 Å². The fourth-order valence-corrected chi connectivity index (χ4v) is 1.33. The molecule has 0 unspecified atom stereocenters. The smallest absolute Gasteiger partial charge is 0.00463 e. The highest BCUT2D eigenvalue weighted by Crippen LogP contribution is 2.16. The molecule has 0 atom stereocenters. The third-order valence-corrected chi connectivity index (χ3v) is 1.95. The van der Waals surface area contributed by atoms with Gasteiger partial charge in [-0.25, -0.2) is 0 Å². The summed E-state index contributed by atoms with van der Waals surface area (Å²) in [6.07, 6.45) is 0. The molecule has 0 bridgehead atoms. The Hall–Kier alpha value is -0.950. The molecular formula is C10H7S. The van der Waals surface area contributed by atoms with E-state index >= 15 is 0 Å². The Bertz CT molecular complexity index is 379. The number of hydrogen-bond acceptors (Lipinski definition) is 1. The third kappa shape index (κ3) is 1.24. The maximum absolute atomic E-state index is 4.25. The fraction of sp³-hybridized carbons (Fsp3) is 0. The van der Waals surface area contributed by atoms with Crippen LogP contribution in [0.15, 0.2) is 41.3 Å². The summed E-state index contributed by atoms with van der Waals surface area (Å²) in [5.41, 5.74) is 0. The molecule has 0 nitrogen and oxygen atoms in total. The lowest BCUT2D eigenvalue weighted by Crippen LogP contribution is -1.70. The molecular weight excluding hydrogens is 152 g/mol. The lowest BCUT2D eigenvalue weighted by Gasteiger charge is -1.96. The molecule has 0 amide bonds. The van der Waals surface area contributed by atoms with Crippen molar-refractivity contribution < 1.29 is 0 Å². The number of benzene rings is 2. The van der Waals surface area contributed by atoms with Crippen LogP contribution >= 0.6 is 12.6 Å². The van der Waals surface area contributed by atoms with Crippen molar-refractivity contribution >= 4 is 23.4 Å². The Morgan fingerprint density at radius 2 is 2.00 bits per heavy atom. The van der Waals surface area contributed by atoms with E-state index in [1.807, 2.05) is 36.4 Å². The van der Waals surface area contributed by atoms with Gasteiger partial charge in [0, 0.05) is 4.90 Å². The van der Waals surface area contributed by atoms with Crippen molar-refractivity contribution in [3.05, 3.63) is 42.5 Å². The van der Waals surface area contributed by atoms with Gasteiger partial charge in [0.15, 0.2) is 0 Å². The molecule has 1 heteroatoms. The first-order valence-corrected chi connectivity index (χ1v) is 3.90. The second-order valence-corrected chi connectivity index (χ2v) is 2.97. The number of thiol groups is 1. The Balaban J connectivity index is 2.83. The molecule has 53 valence electrons. The van der Waals surface area contributed by atoms with Crippen LogP contribution in [0.4, 0.5) is 0 Å². The van der Waals surface area contributed by atoms with Gasteiger partial charge in [-0.15, -0.1) is 12.6 Å². The zero-order valence-electron chi connectivity index (χ0n) is 5.91. The van der Waals surface area contributed by atoms with Crippen molar-refractivity contribution in [2.75, 3.05) is 0 Å². The van der Waals surface area contributed by atoms with Gasteiger partial charge in [-0.2, -0.15) is 0 Å². The molecule has 2 aromatic carbocycles. The third-order valence-electron chi connectivity index (χ3n) is 1.67. The summed E-state index contributed by atoms with van der Waals surface area (Å²) in [4.78, 5) is 1.00. The van der Waals surface area contributed by atoms with Crippen LogP contribution in [0, 0.1) is 6.07 Å². The Morgan fingerprint density at radius 1 is 1.09 bits per heavy atom. The van der Waals surface area contributed by atoms with Gasteiger partial charge in [0.05, 0.1) is 0 Å². The van der Waals surface area contributed by atoms with E-state index in [9.17, 15) is 0 Å². The molecule has 0 heterocycles. The predicted molar refractivity (Wildman–Crippen MR) is 50.0 cm³/mol. The van der Waals surface area contributed by atoms with Gasteiger partial charge in [-0.1, -0.05) is 18.2 Å². The molecule has 0 saturated heterocycles. The molecule has 0 aliphatic carbocycles. The predicted octanol–water partition coefficient (Wildman–Crippen LogP) is 2.93. The van der Waals surface area contributed by atoms with E-state index < -0.39 is 0 Å². The largest absolute Gasteiger partial charge is 0.143 e. The van der Waals surface area contributed by atoms with Crippen molar-refractivity contribution in [1.82, 2.24) is 0 Å². The van der Waals surface area contributed by atoms with E-state index in [-0.39, 0.29) is 0 Å². The van der Waals surface area contributed by atoms with E-state index in [1.54, 1.807) is 0 Å². The molecule has 2 rings (SSSR count). The van der Waals surface area contributed by atoms with Gasteiger partial charge < -0.3 is 0 Å². The molecule has 0 aliphatic heterocycles. The molecule has 0 aromatic heterocycles. The molecule has 2 aromatic rings. The number of fused-ring (bicyclic) bond motifs is 1. The highest BCUT2D eigenvalue weighted by molar-refractivity contribution is 7.80. The fourth-order valence-electron chi connectivity index (χ4n) is 1.11. The van der Waals surface area contributed by atoms with Crippen molar-refractivity contribution in [3.8, 4) is 0 Å². The first-order valence-electron chi connectivity index (χ1n) is 3.45. The summed E-state index contributed by atoms with van der Waals surface area (Å²) in [7, 11) is 0. The van der Waals surface area contributed by atoms with Crippen LogP contribution in [0.1, 0.15) is 0 Å². The quantitative estimate of drug-likeness (QED) is 0.561. The van der Waals surface area contributed by atoms with Gasteiger partial charge in [-0.3, -0.25) is 0 Å². The maximum Gasteiger partial charge on any atom is 0.00463 e. The highest BCUT2D eigenvalue weighted by atomic mass is 32.1. The van der Waals surface area contributed by atoms with Crippen molar-refractivity contribution in [1.29, 1.82) is 0 Å². The molecule has 0 spiro atoms. The van der Waals surface area contributed by atoms with E-state index in [1.165, 1.54) is 10.8 Å². The first kappa shape index (κ1) is 6.74. The van der Waals surface area contributed by atoms with Crippen LogP contribution in [0.25, 0.3) is 10.8 Å². The normalized spacial score (nSPS) is 10.3. The lowest BCUT2D eigenvalue weighted by molar-refractivity contribution is 1.52. The Kier molecular flexibility index (Phi) is 1.59. The summed E-state index contributed by atoms with van der Waals surface area (Å²) >= 11 is 4.25. The summed E-state index contributed by atoms with van der Waals surface area (Å²) in [6.45, 7) is 0. The molecule has 11 heavy (non-hydrogen) atoms. The standard InChI is InChI=1S/C10H7S/c11-10-6-5-8-3-1-2-4-9(8)7-10/h2-7,11H. The molecule has 1 radical (unpaired) electrons. The van der Waals surface area contributed by atoms with Gasteiger partial charge in [0.25, 0.3) is 0 Å². The lowest BCUT2D eigenvalue weighted by atomic mass is 10.1. The summed E-state index contributed by atoms with van der Waals surface area (Å²) in [5, 5.41) is 2.43. The minimum atomic E-state index is 1.00. The molecule has 0 fully saturated rings. The topological polar surface area (TPSA) is 0 Å².